The van der Waals surface area contributed by atoms with E-state index in [0.29, 0.717) is 16.0 Å². The zero-order chi connectivity index (χ0) is 15.6. The zero-order valence-corrected chi connectivity index (χ0v) is 13.6. The van der Waals surface area contributed by atoms with Crippen molar-refractivity contribution in [3.63, 3.8) is 0 Å². The van der Waals surface area contributed by atoms with E-state index in [1.165, 1.54) is 19.8 Å². The van der Waals surface area contributed by atoms with Gasteiger partial charge in [-0.2, -0.15) is 0 Å². The second-order valence-electron chi connectivity index (χ2n) is 5.76. The van der Waals surface area contributed by atoms with Crippen molar-refractivity contribution in [2.45, 2.75) is 49.8 Å². The number of benzene rings is 1. The molecule has 0 aromatic heterocycles. The molecule has 4 nitrogen and oxygen atoms in total. The van der Waals surface area contributed by atoms with Crippen molar-refractivity contribution in [3.05, 3.63) is 28.8 Å². The standard InChI is InChI=1S/C16H22O4S/c1-11-13(16(17)20-2)9-10-14(15(11)21(3,18)19)12-7-5-4-6-8-12/h9-10,12H,4-8H2,1-3H3. The summed E-state index contributed by atoms with van der Waals surface area (Å²) in [6.07, 6.45) is 6.71. The number of methoxy groups -OCH3 is 1. The van der Waals surface area contributed by atoms with Gasteiger partial charge in [0.1, 0.15) is 0 Å². The Hall–Kier alpha value is -1.36. The third kappa shape index (κ3) is 3.28. The van der Waals surface area contributed by atoms with E-state index in [9.17, 15) is 13.2 Å². The second kappa shape index (κ2) is 6.18. The Labute approximate surface area is 126 Å². The summed E-state index contributed by atoms with van der Waals surface area (Å²) in [4.78, 5) is 12.1. The molecule has 0 aliphatic heterocycles. The minimum absolute atomic E-state index is 0.272. The topological polar surface area (TPSA) is 60.4 Å². The van der Waals surface area contributed by atoms with Gasteiger partial charge in [0.05, 0.1) is 17.6 Å². The van der Waals surface area contributed by atoms with Crippen LogP contribution < -0.4 is 0 Å². The fourth-order valence-electron chi connectivity index (χ4n) is 3.27. The van der Waals surface area contributed by atoms with E-state index < -0.39 is 15.8 Å². The van der Waals surface area contributed by atoms with Crippen LogP contribution in [-0.2, 0) is 14.6 Å². The maximum Gasteiger partial charge on any atom is 0.338 e. The van der Waals surface area contributed by atoms with Crippen molar-refractivity contribution < 1.29 is 17.9 Å². The molecular formula is C16H22O4S. The van der Waals surface area contributed by atoms with Gasteiger partial charge in [-0.3, -0.25) is 0 Å². The summed E-state index contributed by atoms with van der Waals surface area (Å²) in [5, 5.41) is 0. The molecular weight excluding hydrogens is 288 g/mol. The molecule has 0 radical (unpaired) electrons. The highest BCUT2D eigenvalue weighted by Gasteiger charge is 2.27. The van der Waals surface area contributed by atoms with Gasteiger partial charge < -0.3 is 4.74 Å². The van der Waals surface area contributed by atoms with Crippen molar-refractivity contribution in [1.29, 1.82) is 0 Å². The molecule has 1 aliphatic rings. The first-order valence-electron chi connectivity index (χ1n) is 7.28. The van der Waals surface area contributed by atoms with Gasteiger partial charge in [-0.15, -0.1) is 0 Å². The molecule has 0 bridgehead atoms. The smallest absolute Gasteiger partial charge is 0.338 e. The number of carbonyl (C=O) groups excluding carboxylic acids is 1. The van der Waals surface area contributed by atoms with E-state index in [0.717, 1.165) is 31.2 Å². The molecule has 1 saturated carbocycles. The summed E-state index contributed by atoms with van der Waals surface area (Å²) in [6, 6.07) is 3.49. The average molecular weight is 310 g/mol. The van der Waals surface area contributed by atoms with Crippen LogP contribution in [0.3, 0.4) is 0 Å². The van der Waals surface area contributed by atoms with Crippen molar-refractivity contribution >= 4 is 15.8 Å². The van der Waals surface area contributed by atoms with Gasteiger partial charge in [-0.25, -0.2) is 13.2 Å². The molecule has 0 saturated heterocycles. The van der Waals surface area contributed by atoms with Crippen molar-refractivity contribution in [2.75, 3.05) is 13.4 Å². The number of sulfone groups is 1. The maximum absolute atomic E-state index is 12.2. The molecule has 116 valence electrons. The first-order chi connectivity index (χ1) is 9.86. The Bertz CT molecular complexity index is 640. The maximum atomic E-state index is 12.2. The molecule has 0 amide bonds. The van der Waals surface area contributed by atoms with Crippen LogP contribution in [-0.4, -0.2) is 27.8 Å². The molecule has 1 aromatic rings. The van der Waals surface area contributed by atoms with Crippen LogP contribution in [0.25, 0.3) is 0 Å². The highest BCUT2D eigenvalue weighted by Crippen LogP contribution is 2.38. The van der Waals surface area contributed by atoms with Crippen molar-refractivity contribution in [2.24, 2.45) is 0 Å². The third-order valence-electron chi connectivity index (χ3n) is 4.26. The Morgan fingerprint density at radius 3 is 2.33 bits per heavy atom. The van der Waals surface area contributed by atoms with E-state index in [1.54, 1.807) is 19.1 Å². The number of rotatable bonds is 3. The summed E-state index contributed by atoms with van der Waals surface area (Å²) in [5.41, 5.74) is 1.70. The van der Waals surface area contributed by atoms with Crippen LogP contribution in [0.1, 0.15) is 59.5 Å². The van der Waals surface area contributed by atoms with Gasteiger partial charge in [0.2, 0.25) is 0 Å². The van der Waals surface area contributed by atoms with Crippen molar-refractivity contribution in [3.8, 4) is 0 Å². The molecule has 0 N–H and O–H groups in total. The lowest BCUT2D eigenvalue weighted by Crippen LogP contribution is -2.15. The fourth-order valence-corrected chi connectivity index (χ4v) is 4.60. The summed E-state index contributed by atoms with van der Waals surface area (Å²) in [6.45, 7) is 1.69. The first-order valence-corrected chi connectivity index (χ1v) is 9.17. The minimum atomic E-state index is -3.39. The lowest BCUT2D eigenvalue weighted by molar-refractivity contribution is 0.0599. The third-order valence-corrected chi connectivity index (χ3v) is 5.54. The normalized spacial score (nSPS) is 16.7. The lowest BCUT2D eigenvalue weighted by atomic mass is 9.83. The van der Waals surface area contributed by atoms with Gasteiger partial charge >= 0.3 is 5.97 Å². The molecule has 0 unspecified atom stereocenters. The van der Waals surface area contributed by atoms with Gasteiger partial charge in [0, 0.05) is 6.26 Å². The monoisotopic (exact) mass is 310 g/mol. The van der Waals surface area contributed by atoms with Gasteiger partial charge in [0.15, 0.2) is 9.84 Å². The molecule has 21 heavy (non-hydrogen) atoms. The molecule has 0 atom stereocenters. The van der Waals surface area contributed by atoms with E-state index in [4.69, 9.17) is 4.74 Å². The number of carbonyl (C=O) groups is 1. The van der Waals surface area contributed by atoms with Crippen LogP contribution in [0.5, 0.6) is 0 Å². The highest BCUT2D eigenvalue weighted by molar-refractivity contribution is 7.90. The fraction of sp³-hybridized carbons (Fsp3) is 0.562. The quantitative estimate of drug-likeness (QED) is 0.804. The van der Waals surface area contributed by atoms with Gasteiger partial charge in [-0.1, -0.05) is 25.3 Å². The first kappa shape index (κ1) is 16.0. The molecule has 1 aliphatic carbocycles. The zero-order valence-electron chi connectivity index (χ0n) is 12.8. The summed E-state index contributed by atoms with van der Waals surface area (Å²) >= 11 is 0. The van der Waals surface area contributed by atoms with Crippen LogP contribution in [0, 0.1) is 6.92 Å². The lowest BCUT2D eigenvalue weighted by Gasteiger charge is -2.25. The second-order valence-corrected chi connectivity index (χ2v) is 7.71. The Balaban J connectivity index is 2.61. The molecule has 0 heterocycles. The molecule has 1 aromatic carbocycles. The van der Waals surface area contributed by atoms with Crippen molar-refractivity contribution in [1.82, 2.24) is 0 Å². The Morgan fingerprint density at radius 1 is 1.19 bits per heavy atom. The minimum Gasteiger partial charge on any atom is -0.465 e. The highest BCUT2D eigenvalue weighted by atomic mass is 32.2. The summed E-state index contributed by atoms with van der Waals surface area (Å²) in [5.74, 6) is -0.221. The number of esters is 1. The molecule has 0 spiro atoms. The molecule has 5 heteroatoms. The number of ether oxygens (including phenoxy) is 1. The number of hydrogen-bond acceptors (Lipinski definition) is 4. The van der Waals surface area contributed by atoms with E-state index >= 15 is 0 Å². The molecule has 1 fully saturated rings. The van der Waals surface area contributed by atoms with Crippen LogP contribution >= 0.6 is 0 Å². The van der Waals surface area contributed by atoms with Gasteiger partial charge in [0.25, 0.3) is 0 Å². The van der Waals surface area contributed by atoms with Crippen LogP contribution in [0.4, 0.5) is 0 Å². The largest absolute Gasteiger partial charge is 0.465 e. The van der Waals surface area contributed by atoms with E-state index in [-0.39, 0.29) is 5.92 Å². The van der Waals surface area contributed by atoms with Gasteiger partial charge in [-0.05, 0) is 42.9 Å². The summed E-state index contributed by atoms with van der Waals surface area (Å²) in [7, 11) is -2.08. The predicted octanol–water partition coefficient (Wildman–Crippen LogP) is 3.23. The van der Waals surface area contributed by atoms with E-state index in [2.05, 4.69) is 0 Å². The SMILES string of the molecule is COC(=O)c1ccc(C2CCCCC2)c(S(C)(=O)=O)c1C. The van der Waals surface area contributed by atoms with Crippen LogP contribution in [0.15, 0.2) is 17.0 Å². The molecule has 2 rings (SSSR count). The Morgan fingerprint density at radius 2 is 1.81 bits per heavy atom. The predicted molar refractivity (Wildman–Crippen MR) is 81.5 cm³/mol. The average Bonchev–Trinajstić information content (AvgIpc) is 2.45. The van der Waals surface area contributed by atoms with E-state index in [1.807, 2.05) is 0 Å². The van der Waals surface area contributed by atoms with Crippen LogP contribution in [0.2, 0.25) is 0 Å². The summed E-state index contributed by atoms with van der Waals surface area (Å²) < 4.78 is 29.2. The number of hydrogen-bond donors (Lipinski definition) is 0. The Kier molecular flexibility index (Phi) is 4.71.